The number of aryl methyl sites for hydroxylation is 2. The molecule has 0 radical (unpaired) electrons. The first-order valence-electron chi connectivity index (χ1n) is 9.93. The number of hydrogen-bond donors (Lipinski definition) is 0. The Hall–Kier alpha value is -2.18. The van der Waals surface area contributed by atoms with E-state index in [0.717, 1.165) is 30.6 Å². The van der Waals surface area contributed by atoms with E-state index in [1.54, 1.807) is 18.2 Å². The van der Waals surface area contributed by atoms with Crippen molar-refractivity contribution >= 4 is 21.6 Å². The molecule has 0 N–H and O–H groups in total. The molecule has 2 aromatic carbocycles. The molecule has 0 spiro atoms. The second-order valence-electron chi connectivity index (χ2n) is 7.72. The topological polar surface area (TPSA) is 57.7 Å². The van der Waals surface area contributed by atoms with Crippen molar-refractivity contribution in [3.8, 4) is 0 Å². The molecule has 2 aliphatic heterocycles. The Labute approximate surface area is 167 Å². The molecule has 0 bridgehead atoms. The van der Waals surface area contributed by atoms with Crippen LogP contribution in [0.3, 0.4) is 0 Å². The summed E-state index contributed by atoms with van der Waals surface area (Å²) in [7, 11) is -3.50. The van der Waals surface area contributed by atoms with Gasteiger partial charge in [-0.3, -0.25) is 4.79 Å². The zero-order valence-corrected chi connectivity index (χ0v) is 17.0. The summed E-state index contributed by atoms with van der Waals surface area (Å²) in [6, 6.07) is 15.1. The molecule has 0 aliphatic carbocycles. The third-order valence-electron chi connectivity index (χ3n) is 5.81. The van der Waals surface area contributed by atoms with Crippen LogP contribution >= 0.6 is 0 Å². The second kappa shape index (κ2) is 7.68. The Balaban J connectivity index is 1.45. The van der Waals surface area contributed by atoms with Crippen LogP contribution in [0.5, 0.6) is 0 Å². The van der Waals surface area contributed by atoms with E-state index >= 15 is 0 Å². The van der Waals surface area contributed by atoms with Gasteiger partial charge >= 0.3 is 0 Å². The number of piperidine rings is 1. The molecule has 6 heteroatoms. The molecule has 2 heterocycles. The predicted molar refractivity (Wildman–Crippen MR) is 110 cm³/mol. The van der Waals surface area contributed by atoms with Crippen LogP contribution in [0.25, 0.3) is 0 Å². The highest BCUT2D eigenvalue weighted by molar-refractivity contribution is 7.89. The fourth-order valence-electron chi connectivity index (χ4n) is 4.25. The molecule has 1 fully saturated rings. The van der Waals surface area contributed by atoms with Gasteiger partial charge in [-0.25, -0.2) is 8.42 Å². The summed E-state index contributed by atoms with van der Waals surface area (Å²) in [5, 5.41) is 0. The quantitative estimate of drug-likeness (QED) is 0.796. The summed E-state index contributed by atoms with van der Waals surface area (Å²) in [5.74, 6) is 0.0230. The Kier molecular flexibility index (Phi) is 5.25. The highest BCUT2D eigenvalue weighted by Crippen LogP contribution is 2.31. The molecule has 28 heavy (non-hydrogen) atoms. The zero-order chi connectivity index (χ0) is 19.7. The van der Waals surface area contributed by atoms with Crippen LogP contribution in [0.15, 0.2) is 53.4 Å². The maximum atomic E-state index is 13.1. The van der Waals surface area contributed by atoms with Crippen molar-refractivity contribution in [2.24, 2.45) is 5.92 Å². The van der Waals surface area contributed by atoms with Gasteiger partial charge in [0.25, 0.3) is 0 Å². The van der Waals surface area contributed by atoms with E-state index in [2.05, 4.69) is 6.07 Å². The number of para-hydroxylation sites is 1. The zero-order valence-electron chi connectivity index (χ0n) is 16.2. The van der Waals surface area contributed by atoms with Gasteiger partial charge in [-0.05, 0) is 61.9 Å². The monoisotopic (exact) mass is 398 g/mol. The maximum Gasteiger partial charge on any atom is 0.243 e. The van der Waals surface area contributed by atoms with Crippen LogP contribution in [0.1, 0.15) is 30.4 Å². The molecular weight excluding hydrogens is 372 g/mol. The minimum atomic E-state index is -3.50. The van der Waals surface area contributed by atoms with Gasteiger partial charge < -0.3 is 4.90 Å². The molecule has 0 saturated carbocycles. The lowest BCUT2D eigenvalue weighted by Crippen LogP contribution is -2.45. The number of benzene rings is 2. The molecule has 2 aromatic rings. The summed E-state index contributed by atoms with van der Waals surface area (Å²) in [6.07, 6.45) is 3.13. The molecule has 5 nitrogen and oxygen atoms in total. The Morgan fingerprint density at radius 1 is 1.00 bits per heavy atom. The smallest absolute Gasteiger partial charge is 0.243 e. The molecule has 1 saturated heterocycles. The molecule has 148 valence electrons. The Morgan fingerprint density at radius 2 is 1.75 bits per heavy atom. The molecular formula is C22H26N2O3S. The van der Waals surface area contributed by atoms with E-state index in [0.29, 0.717) is 30.8 Å². The van der Waals surface area contributed by atoms with Gasteiger partial charge in [-0.2, -0.15) is 4.31 Å². The van der Waals surface area contributed by atoms with Crippen LogP contribution in [0.4, 0.5) is 5.69 Å². The average Bonchev–Trinajstić information content (AvgIpc) is 2.73. The van der Waals surface area contributed by atoms with Gasteiger partial charge in [0.05, 0.1) is 4.90 Å². The number of carbonyl (C=O) groups is 1. The van der Waals surface area contributed by atoms with Gasteiger partial charge in [0.1, 0.15) is 0 Å². The lowest BCUT2D eigenvalue weighted by molar-refractivity contribution is -0.123. The van der Waals surface area contributed by atoms with E-state index in [1.165, 1.54) is 9.87 Å². The van der Waals surface area contributed by atoms with Crippen molar-refractivity contribution in [1.82, 2.24) is 4.31 Å². The van der Waals surface area contributed by atoms with Crippen LogP contribution in [-0.4, -0.2) is 38.3 Å². The number of rotatable bonds is 3. The lowest BCUT2D eigenvalue weighted by Gasteiger charge is -2.36. The normalized spacial score (nSPS) is 18.7. The van der Waals surface area contributed by atoms with Gasteiger partial charge in [-0.1, -0.05) is 30.3 Å². The summed E-state index contributed by atoms with van der Waals surface area (Å²) >= 11 is 0. The third-order valence-corrected chi connectivity index (χ3v) is 7.70. The minimum Gasteiger partial charge on any atom is -0.312 e. The highest BCUT2D eigenvalue weighted by Gasteiger charge is 2.35. The number of fused-ring (bicyclic) bond motifs is 1. The predicted octanol–water partition coefficient (Wildman–Crippen LogP) is 3.38. The van der Waals surface area contributed by atoms with Gasteiger partial charge in [0.2, 0.25) is 15.9 Å². The van der Waals surface area contributed by atoms with Crippen LogP contribution < -0.4 is 4.90 Å². The van der Waals surface area contributed by atoms with Crippen molar-refractivity contribution < 1.29 is 13.2 Å². The van der Waals surface area contributed by atoms with Gasteiger partial charge in [0, 0.05) is 31.2 Å². The molecule has 0 atom stereocenters. The molecule has 1 amide bonds. The van der Waals surface area contributed by atoms with Crippen molar-refractivity contribution in [2.75, 3.05) is 24.5 Å². The summed E-state index contributed by atoms with van der Waals surface area (Å²) in [4.78, 5) is 15.4. The van der Waals surface area contributed by atoms with Crippen LogP contribution in [0, 0.1) is 12.8 Å². The fraction of sp³-hybridized carbons (Fsp3) is 0.409. The van der Waals surface area contributed by atoms with Crippen molar-refractivity contribution in [2.45, 2.75) is 37.5 Å². The van der Waals surface area contributed by atoms with E-state index in [1.807, 2.05) is 36.1 Å². The first-order valence-corrected chi connectivity index (χ1v) is 11.4. The first kappa shape index (κ1) is 19.2. The summed E-state index contributed by atoms with van der Waals surface area (Å²) in [6.45, 7) is 3.42. The SMILES string of the molecule is Cc1cccc(S(=O)(=O)N2CCC(C(=O)N3CCCc4ccccc43)CC2)c1. The molecule has 4 rings (SSSR count). The van der Waals surface area contributed by atoms with E-state index < -0.39 is 10.0 Å². The number of sulfonamides is 1. The lowest BCUT2D eigenvalue weighted by atomic mass is 9.94. The summed E-state index contributed by atoms with van der Waals surface area (Å²) < 4.78 is 27.3. The Morgan fingerprint density at radius 3 is 2.50 bits per heavy atom. The number of anilines is 1. The number of carbonyl (C=O) groups excluding carboxylic acids is 1. The number of amides is 1. The average molecular weight is 399 g/mol. The summed E-state index contributed by atoms with van der Waals surface area (Å²) in [5.41, 5.74) is 3.17. The first-order chi connectivity index (χ1) is 13.5. The van der Waals surface area contributed by atoms with Crippen molar-refractivity contribution in [1.29, 1.82) is 0 Å². The van der Waals surface area contributed by atoms with E-state index in [-0.39, 0.29) is 11.8 Å². The number of nitrogens with zero attached hydrogens (tertiary/aromatic N) is 2. The van der Waals surface area contributed by atoms with E-state index in [9.17, 15) is 13.2 Å². The second-order valence-corrected chi connectivity index (χ2v) is 9.65. The standard InChI is InChI=1S/C22H26N2O3S/c1-17-6-4-9-20(16-17)28(26,27)23-14-11-19(12-15-23)22(25)24-13-5-8-18-7-2-3-10-21(18)24/h2-4,6-7,9-10,16,19H,5,8,11-15H2,1H3. The highest BCUT2D eigenvalue weighted by atomic mass is 32.2. The van der Waals surface area contributed by atoms with Crippen molar-refractivity contribution in [3.63, 3.8) is 0 Å². The Bertz CT molecular complexity index is 979. The van der Waals surface area contributed by atoms with Gasteiger partial charge in [-0.15, -0.1) is 0 Å². The van der Waals surface area contributed by atoms with Crippen LogP contribution in [-0.2, 0) is 21.2 Å². The molecule has 0 aromatic heterocycles. The van der Waals surface area contributed by atoms with E-state index in [4.69, 9.17) is 0 Å². The number of hydrogen-bond acceptors (Lipinski definition) is 3. The third kappa shape index (κ3) is 3.59. The largest absolute Gasteiger partial charge is 0.312 e. The van der Waals surface area contributed by atoms with Gasteiger partial charge in [0.15, 0.2) is 0 Å². The van der Waals surface area contributed by atoms with Crippen LogP contribution in [0.2, 0.25) is 0 Å². The van der Waals surface area contributed by atoms with Crippen molar-refractivity contribution in [3.05, 3.63) is 59.7 Å². The molecule has 0 unspecified atom stereocenters. The maximum absolute atomic E-state index is 13.1. The minimum absolute atomic E-state index is 0.116. The fourth-order valence-corrected chi connectivity index (χ4v) is 5.83. The molecule has 2 aliphatic rings.